The number of carbonyl (C=O) groups excluding carboxylic acids is 1. The topological polar surface area (TPSA) is 82.5 Å². The molecule has 0 aliphatic rings. The number of nitrogens with one attached hydrogen (secondary N) is 1. The van der Waals surface area contributed by atoms with Crippen LogP contribution in [0.2, 0.25) is 0 Å². The second kappa shape index (κ2) is 9.91. The first-order chi connectivity index (χ1) is 12.5. The van der Waals surface area contributed by atoms with E-state index in [1.165, 1.54) is 0 Å². The zero-order valence-electron chi connectivity index (χ0n) is 15.1. The molecule has 2 aromatic rings. The number of carboxylic acid groups (broad SMARTS) is 1. The molecule has 2 atom stereocenters. The molecule has 0 radical (unpaired) electrons. The number of likely N-dealkylation sites (N-methyl/N-ethyl adjacent to an activating group) is 1. The van der Waals surface area contributed by atoms with E-state index in [9.17, 15) is 9.59 Å². The number of nitrogens with zero attached hydrogens (tertiary/aromatic N) is 2. The maximum atomic E-state index is 12.5. The quantitative estimate of drug-likeness (QED) is 0.704. The van der Waals surface area contributed by atoms with Crippen molar-refractivity contribution < 1.29 is 14.7 Å². The van der Waals surface area contributed by atoms with Crippen LogP contribution in [0.1, 0.15) is 36.3 Å². The first-order valence-electron chi connectivity index (χ1n) is 8.62. The van der Waals surface area contributed by atoms with Gasteiger partial charge in [0.15, 0.2) is 0 Å². The molecule has 0 bridgehead atoms. The molecule has 0 saturated heterocycles. The summed E-state index contributed by atoms with van der Waals surface area (Å²) in [7, 11) is 1.75. The molecule has 2 unspecified atom stereocenters. The van der Waals surface area contributed by atoms with E-state index in [4.69, 9.17) is 5.11 Å². The number of thiazole rings is 1. The van der Waals surface area contributed by atoms with Crippen molar-refractivity contribution in [3.05, 3.63) is 52.5 Å². The number of hydrogen-bond donors (Lipinski definition) is 2. The van der Waals surface area contributed by atoms with Crippen LogP contribution in [-0.2, 0) is 11.2 Å². The van der Waals surface area contributed by atoms with Crippen molar-refractivity contribution in [3.63, 3.8) is 0 Å². The van der Waals surface area contributed by atoms with Gasteiger partial charge in [-0.3, -0.25) is 4.79 Å². The number of carbonyl (C=O) groups is 2. The van der Waals surface area contributed by atoms with Crippen LogP contribution in [0.25, 0.3) is 0 Å². The number of urea groups is 1. The lowest BCUT2D eigenvalue weighted by Gasteiger charge is -2.25. The fraction of sp³-hybridized carbons (Fsp3) is 0.421. The molecule has 1 aromatic heterocycles. The van der Waals surface area contributed by atoms with E-state index in [0.29, 0.717) is 19.4 Å². The number of rotatable bonds is 9. The van der Waals surface area contributed by atoms with Crippen LogP contribution in [-0.4, -0.2) is 46.6 Å². The SMILES string of the molecule is CC(CN(C)C(=O)NC(CCC(=O)O)Cc1ccccc1)c1nccs1. The summed E-state index contributed by atoms with van der Waals surface area (Å²) in [4.78, 5) is 29.4. The molecule has 26 heavy (non-hydrogen) atoms. The highest BCUT2D eigenvalue weighted by Crippen LogP contribution is 2.18. The summed E-state index contributed by atoms with van der Waals surface area (Å²) >= 11 is 1.58. The Morgan fingerprint density at radius 2 is 2.04 bits per heavy atom. The van der Waals surface area contributed by atoms with Gasteiger partial charge in [-0.05, 0) is 18.4 Å². The Morgan fingerprint density at radius 1 is 1.31 bits per heavy atom. The van der Waals surface area contributed by atoms with Gasteiger partial charge in [0.2, 0.25) is 0 Å². The van der Waals surface area contributed by atoms with Crippen molar-refractivity contribution in [1.29, 1.82) is 0 Å². The maximum absolute atomic E-state index is 12.5. The second-order valence-electron chi connectivity index (χ2n) is 6.42. The number of carboxylic acids is 1. The van der Waals surface area contributed by atoms with Crippen molar-refractivity contribution in [2.45, 2.75) is 38.1 Å². The fourth-order valence-corrected chi connectivity index (χ4v) is 3.45. The summed E-state index contributed by atoms with van der Waals surface area (Å²) in [5.41, 5.74) is 1.07. The van der Waals surface area contributed by atoms with E-state index >= 15 is 0 Å². The third-order valence-electron chi connectivity index (χ3n) is 4.13. The number of amides is 2. The lowest BCUT2D eigenvalue weighted by Crippen LogP contribution is -2.45. The second-order valence-corrected chi connectivity index (χ2v) is 7.35. The van der Waals surface area contributed by atoms with Gasteiger partial charge in [0.25, 0.3) is 0 Å². The van der Waals surface area contributed by atoms with E-state index in [1.54, 1.807) is 29.5 Å². The van der Waals surface area contributed by atoms with Gasteiger partial charge in [0.05, 0.1) is 5.01 Å². The average Bonchev–Trinajstić information content (AvgIpc) is 3.15. The molecule has 0 spiro atoms. The van der Waals surface area contributed by atoms with Crippen molar-refractivity contribution in [3.8, 4) is 0 Å². The van der Waals surface area contributed by atoms with Gasteiger partial charge in [-0.15, -0.1) is 11.3 Å². The zero-order valence-corrected chi connectivity index (χ0v) is 15.9. The summed E-state index contributed by atoms with van der Waals surface area (Å²) in [6.07, 6.45) is 2.79. The molecule has 0 saturated carbocycles. The van der Waals surface area contributed by atoms with Crippen molar-refractivity contribution in [1.82, 2.24) is 15.2 Å². The van der Waals surface area contributed by atoms with Gasteiger partial charge in [-0.1, -0.05) is 37.3 Å². The Kier molecular flexibility index (Phi) is 7.59. The number of benzene rings is 1. The van der Waals surface area contributed by atoms with Gasteiger partial charge in [-0.2, -0.15) is 0 Å². The predicted octanol–water partition coefficient (Wildman–Crippen LogP) is 3.36. The van der Waals surface area contributed by atoms with Gasteiger partial charge < -0.3 is 15.3 Å². The van der Waals surface area contributed by atoms with Crippen LogP contribution in [0.5, 0.6) is 0 Å². The standard InChI is InChI=1S/C19H25N3O3S/c1-14(18-20-10-11-26-18)13-22(2)19(25)21-16(8-9-17(23)24)12-15-6-4-3-5-7-15/h3-7,10-11,14,16H,8-9,12-13H2,1-2H3,(H,21,25)(H,23,24). The molecule has 1 heterocycles. The molecule has 140 valence electrons. The molecular formula is C19H25N3O3S. The largest absolute Gasteiger partial charge is 0.481 e. The lowest BCUT2D eigenvalue weighted by atomic mass is 10.0. The van der Waals surface area contributed by atoms with Crippen LogP contribution in [0.15, 0.2) is 41.9 Å². The summed E-state index contributed by atoms with van der Waals surface area (Å²) < 4.78 is 0. The zero-order chi connectivity index (χ0) is 18.9. The Labute approximate surface area is 157 Å². The van der Waals surface area contributed by atoms with E-state index < -0.39 is 5.97 Å². The predicted molar refractivity (Wildman–Crippen MR) is 102 cm³/mol. The molecule has 0 fully saturated rings. The minimum absolute atomic E-state index is 0.0248. The smallest absolute Gasteiger partial charge is 0.317 e. The first-order valence-corrected chi connectivity index (χ1v) is 9.50. The Balaban J connectivity index is 1.94. The summed E-state index contributed by atoms with van der Waals surface area (Å²) in [5, 5.41) is 14.9. The number of hydrogen-bond acceptors (Lipinski definition) is 4. The van der Waals surface area contributed by atoms with Gasteiger partial charge in [0.1, 0.15) is 0 Å². The van der Waals surface area contributed by atoms with Crippen LogP contribution in [0, 0.1) is 0 Å². The molecule has 6 nitrogen and oxygen atoms in total. The van der Waals surface area contributed by atoms with Crippen LogP contribution in [0.4, 0.5) is 4.79 Å². The summed E-state index contributed by atoms with van der Waals surface area (Å²) in [6.45, 7) is 2.59. The lowest BCUT2D eigenvalue weighted by molar-refractivity contribution is -0.137. The number of aromatic nitrogens is 1. The Hall–Kier alpha value is -2.41. The van der Waals surface area contributed by atoms with Crippen LogP contribution >= 0.6 is 11.3 Å². The summed E-state index contributed by atoms with van der Waals surface area (Å²) in [5.74, 6) is -0.708. The van der Waals surface area contributed by atoms with Crippen molar-refractivity contribution in [2.24, 2.45) is 0 Å². The molecule has 2 N–H and O–H groups in total. The molecular weight excluding hydrogens is 350 g/mol. The Bertz CT molecular complexity index is 691. The van der Waals surface area contributed by atoms with Crippen molar-refractivity contribution in [2.75, 3.05) is 13.6 Å². The molecule has 0 aliphatic carbocycles. The highest BCUT2D eigenvalue weighted by molar-refractivity contribution is 7.09. The first kappa shape index (κ1) is 19.9. The van der Waals surface area contributed by atoms with Crippen molar-refractivity contribution >= 4 is 23.3 Å². The highest BCUT2D eigenvalue weighted by atomic mass is 32.1. The minimum Gasteiger partial charge on any atom is -0.481 e. The maximum Gasteiger partial charge on any atom is 0.317 e. The normalized spacial score (nSPS) is 13.0. The highest BCUT2D eigenvalue weighted by Gasteiger charge is 2.19. The van der Waals surface area contributed by atoms with E-state index in [2.05, 4.69) is 10.3 Å². The molecule has 0 aliphatic heterocycles. The van der Waals surface area contributed by atoms with Gasteiger partial charge in [-0.25, -0.2) is 9.78 Å². The van der Waals surface area contributed by atoms with Crippen LogP contribution in [0.3, 0.4) is 0 Å². The fourth-order valence-electron chi connectivity index (χ4n) is 2.76. The van der Waals surface area contributed by atoms with E-state index in [0.717, 1.165) is 10.6 Å². The van der Waals surface area contributed by atoms with Gasteiger partial charge >= 0.3 is 12.0 Å². The monoisotopic (exact) mass is 375 g/mol. The molecule has 7 heteroatoms. The van der Waals surface area contributed by atoms with Gasteiger partial charge in [0, 0.05) is 43.5 Å². The van der Waals surface area contributed by atoms with E-state index in [1.807, 2.05) is 42.6 Å². The van der Waals surface area contributed by atoms with Crippen LogP contribution < -0.4 is 5.32 Å². The molecule has 2 amide bonds. The average molecular weight is 375 g/mol. The third-order valence-corrected chi connectivity index (χ3v) is 5.13. The molecule has 1 aromatic carbocycles. The third kappa shape index (κ3) is 6.48. The number of aliphatic carboxylic acids is 1. The summed E-state index contributed by atoms with van der Waals surface area (Å²) in [6, 6.07) is 9.35. The minimum atomic E-state index is -0.858. The van der Waals surface area contributed by atoms with E-state index in [-0.39, 0.29) is 24.4 Å². The Morgan fingerprint density at radius 3 is 2.65 bits per heavy atom. The molecule has 2 rings (SSSR count).